The van der Waals surface area contributed by atoms with E-state index in [1.807, 2.05) is 30.3 Å². The molecule has 0 saturated carbocycles. The third-order valence-electron chi connectivity index (χ3n) is 5.33. The lowest BCUT2D eigenvalue weighted by atomic mass is 9.98. The van der Waals surface area contributed by atoms with Gasteiger partial charge in [-0.25, -0.2) is 4.90 Å². The Morgan fingerprint density at radius 1 is 0.963 bits per heavy atom. The molecule has 0 unspecified atom stereocenters. The Morgan fingerprint density at radius 2 is 1.67 bits per heavy atom. The molecule has 2 aliphatic rings. The lowest BCUT2D eigenvalue weighted by molar-refractivity contribution is -0.123. The average Bonchev–Trinajstić information content (AvgIpc) is 2.98. The summed E-state index contributed by atoms with van der Waals surface area (Å²) >= 11 is 0. The van der Waals surface area contributed by atoms with Crippen LogP contribution in [0.4, 0.5) is 5.69 Å². The number of likely N-dealkylation sites (tertiary alicyclic amines) is 1. The molecule has 2 heterocycles. The SMILES string of the molecule is C[C@@H]1CCCN([C@@H]2CC(=O)N(c3ccc(Oc4ccccc4)cc3)C2=O)C1. The normalized spacial score (nSPS) is 23.7. The largest absolute Gasteiger partial charge is 0.457 e. The molecule has 5 nitrogen and oxygen atoms in total. The Morgan fingerprint density at radius 3 is 2.37 bits per heavy atom. The van der Waals surface area contributed by atoms with Gasteiger partial charge in [0.15, 0.2) is 0 Å². The van der Waals surface area contributed by atoms with Crippen LogP contribution in [-0.4, -0.2) is 35.8 Å². The van der Waals surface area contributed by atoms with Crippen molar-refractivity contribution in [2.75, 3.05) is 18.0 Å². The zero-order chi connectivity index (χ0) is 18.8. The van der Waals surface area contributed by atoms with Crippen LogP contribution < -0.4 is 9.64 Å². The van der Waals surface area contributed by atoms with E-state index in [1.54, 1.807) is 24.3 Å². The van der Waals surface area contributed by atoms with Crippen LogP contribution >= 0.6 is 0 Å². The maximum absolute atomic E-state index is 12.9. The summed E-state index contributed by atoms with van der Waals surface area (Å²) in [5, 5.41) is 0. The second kappa shape index (κ2) is 7.53. The number of anilines is 1. The monoisotopic (exact) mass is 364 g/mol. The Labute approximate surface area is 159 Å². The Kier molecular flexibility index (Phi) is 4.94. The smallest absolute Gasteiger partial charge is 0.251 e. The number of piperidine rings is 1. The number of nitrogens with zero attached hydrogens (tertiary/aromatic N) is 2. The molecule has 2 aromatic carbocycles. The van der Waals surface area contributed by atoms with Gasteiger partial charge in [-0.1, -0.05) is 25.1 Å². The van der Waals surface area contributed by atoms with Crippen molar-refractivity contribution in [3.05, 3.63) is 54.6 Å². The van der Waals surface area contributed by atoms with Crippen molar-refractivity contribution in [1.29, 1.82) is 0 Å². The highest BCUT2D eigenvalue weighted by molar-refractivity contribution is 6.22. The summed E-state index contributed by atoms with van der Waals surface area (Å²) < 4.78 is 5.78. The van der Waals surface area contributed by atoms with Crippen molar-refractivity contribution < 1.29 is 14.3 Å². The van der Waals surface area contributed by atoms with Crippen molar-refractivity contribution >= 4 is 17.5 Å². The first-order valence-electron chi connectivity index (χ1n) is 9.55. The summed E-state index contributed by atoms with van der Waals surface area (Å²) in [6.45, 7) is 3.99. The molecule has 0 bridgehead atoms. The van der Waals surface area contributed by atoms with E-state index < -0.39 is 0 Å². The van der Waals surface area contributed by atoms with Gasteiger partial charge in [0.2, 0.25) is 5.91 Å². The average molecular weight is 364 g/mol. The zero-order valence-electron chi connectivity index (χ0n) is 15.5. The molecule has 27 heavy (non-hydrogen) atoms. The summed E-state index contributed by atoms with van der Waals surface area (Å²) in [7, 11) is 0. The molecule has 2 amide bonds. The van der Waals surface area contributed by atoms with E-state index in [2.05, 4.69) is 11.8 Å². The van der Waals surface area contributed by atoms with Crippen LogP contribution in [0.5, 0.6) is 11.5 Å². The highest BCUT2D eigenvalue weighted by Gasteiger charge is 2.43. The van der Waals surface area contributed by atoms with Crippen LogP contribution in [0.3, 0.4) is 0 Å². The summed E-state index contributed by atoms with van der Waals surface area (Å²) in [4.78, 5) is 29.0. The van der Waals surface area contributed by atoms with Crippen molar-refractivity contribution in [2.24, 2.45) is 5.92 Å². The predicted molar refractivity (Wildman–Crippen MR) is 104 cm³/mol. The van der Waals surface area contributed by atoms with Gasteiger partial charge in [0.1, 0.15) is 11.5 Å². The van der Waals surface area contributed by atoms with Crippen molar-refractivity contribution in [2.45, 2.75) is 32.2 Å². The lowest BCUT2D eigenvalue weighted by Gasteiger charge is -2.34. The maximum atomic E-state index is 12.9. The molecule has 2 saturated heterocycles. The first-order chi connectivity index (χ1) is 13.1. The molecule has 140 valence electrons. The number of carbonyl (C=O) groups excluding carboxylic acids is 2. The number of rotatable bonds is 4. The van der Waals surface area contributed by atoms with E-state index in [0.29, 0.717) is 17.4 Å². The number of benzene rings is 2. The third kappa shape index (κ3) is 3.74. The Balaban J connectivity index is 1.48. The molecular formula is C22H24N2O3. The molecule has 0 aliphatic carbocycles. The fourth-order valence-corrected chi connectivity index (χ4v) is 3.97. The van der Waals surface area contributed by atoms with Gasteiger partial charge in [0, 0.05) is 6.54 Å². The van der Waals surface area contributed by atoms with Crippen molar-refractivity contribution in [3.63, 3.8) is 0 Å². The molecule has 0 radical (unpaired) electrons. The molecule has 2 atom stereocenters. The molecule has 2 aromatic rings. The van der Waals surface area contributed by atoms with Crippen molar-refractivity contribution in [3.8, 4) is 11.5 Å². The molecular weight excluding hydrogens is 340 g/mol. The first-order valence-corrected chi connectivity index (χ1v) is 9.55. The van der Waals surface area contributed by atoms with Crippen LogP contribution in [-0.2, 0) is 9.59 Å². The van der Waals surface area contributed by atoms with Crippen LogP contribution in [0.25, 0.3) is 0 Å². The zero-order valence-corrected chi connectivity index (χ0v) is 15.5. The van der Waals surface area contributed by atoms with Gasteiger partial charge in [0.05, 0.1) is 18.2 Å². The summed E-state index contributed by atoms with van der Waals surface area (Å²) in [6.07, 6.45) is 2.55. The molecule has 5 heteroatoms. The van der Waals surface area contributed by atoms with Crippen molar-refractivity contribution in [1.82, 2.24) is 4.90 Å². The molecule has 0 spiro atoms. The van der Waals surface area contributed by atoms with Gasteiger partial charge in [-0.2, -0.15) is 0 Å². The molecule has 0 aromatic heterocycles. The standard InChI is InChI=1S/C22H24N2O3/c1-16-6-5-13-23(15-16)20-14-21(25)24(22(20)26)17-9-11-19(12-10-17)27-18-7-3-2-4-8-18/h2-4,7-12,16,20H,5-6,13-15H2,1H3/t16-,20-/m1/s1. The van der Waals surface area contributed by atoms with Gasteiger partial charge >= 0.3 is 0 Å². The number of amides is 2. The van der Waals surface area contributed by atoms with E-state index in [9.17, 15) is 9.59 Å². The number of para-hydroxylation sites is 1. The lowest BCUT2D eigenvalue weighted by Crippen LogP contribution is -2.46. The van der Waals surface area contributed by atoms with Gasteiger partial charge in [-0.05, 0) is 61.7 Å². The quantitative estimate of drug-likeness (QED) is 0.774. The number of hydrogen-bond acceptors (Lipinski definition) is 4. The summed E-state index contributed by atoms with van der Waals surface area (Å²) in [5.41, 5.74) is 0.609. The third-order valence-corrected chi connectivity index (χ3v) is 5.33. The number of imide groups is 1. The topological polar surface area (TPSA) is 49.9 Å². The summed E-state index contributed by atoms with van der Waals surface area (Å²) in [5.74, 6) is 1.76. The highest BCUT2D eigenvalue weighted by Crippen LogP contribution is 2.30. The van der Waals surface area contributed by atoms with E-state index in [1.165, 1.54) is 11.3 Å². The minimum absolute atomic E-state index is 0.106. The van der Waals surface area contributed by atoms with Gasteiger partial charge < -0.3 is 4.74 Å². The minimum atomic E-state index is -0.319. The van der Waals surface area contributed by atoms with E-state index in [4.69, 9.17) is 4.74 Å². The second-order valence-corrected chi connectivity index (χ2v) is 7.44. The maximum Gasteiger partial charge on any atom is 0.251 e. The van der Waals surface area contributed by atoms with E-state index in [0.717, 1.165) is 25.3 Å². The second-order valence-electron chi connectivity index (χ2n) is 7.44. The molecule has 0 N–H and O–H groups in total. The highest BCUT2D eigenvalue weighted by atomic mass is 16.5. The van der Waals surface area contributed by atoms with Gasteiger partial charge in [-0.15, -0.1) is 0 Å². The van der Waals surface area contributed by atoms with E-state index >= 15 is 0 Å². The molecule has 2 fully saturated rings. The Hall–Kier alpha value is -2.66. The first kappa shape index (κ1) is 17.7. The van der Waals surface area contributed by atoms with Gasteiger partial charge in [0.25, 0.3) is 5.91 Å². The fourth-order valence-electron chi connectivity index (χ4n) is 3.97. The Bertz CT molecular complexity index is 819. The minimum Gasteiger partial charge on any atom is -0.457 e. The fraction of sp³-hybridized carbons (Fsp3) is 0.364. The van der Waals surface area contributed by atoms with Crippen LogP contribution in [0, 0.1) is 5.92 Å². The number of carbonyl (C=O) groups is 2. The van der Waals surface area contributed by atoms with Crippen LogP contribution in [0.15, 0.2) is 54.6 Å². The van der Waals surface area contributed by atoms with Crippen LogP contribution in [0.2, 0.25) is 0 Å². The number of hydrogen-bond donors (Lipinski definition) is 0. The molecule has 4 rings (SSSR count). The molecule has 2 aliphatic heterocycles. The summed E-state index contributed by atoms with van der Waals surface area (Å²) in [6, 6.07) is 16.3. The number of ether oxygens (including phenoxy) is 1. The van der Waals surface area contributed by atoms with E-state index in [-0.39, 0.29) is 24.3 Å². The predicted octanol–water partition coefficient (Wildman–Crippen LogP) is 3.84. The van der Waals surface area contributed by atoms with Gasteiger partial charge in [-0.3, -0.25) is 14.5 Å². The van der Waals surface area contributed by atoms with Crippen LogP contribution in [0.1, 0.15) is 26.2 Å².